The van der Waals surface area contributed by atoms with Gasteiger partial charge >= 0.3 is 0 Å². The molecule has 1 aromatic carbocycles. The van der Waals surface area contributed by atoms with Gasteiger partial charge in [0.1, 0.15) is 0 Å². The van der Waals surface area contributed by atoms with Gasteiger partial charge < -0.3 is 15.5 Å². The number of carbonyl (C=O) groups is 1. The molecule has 1 heterocycles. The fourth-order valence-corrected chi connectivity index (χ4v) is 1.92. The second-order valence-electron chi connectivity index (χ2n) is 4.80. The topological polar surface area (TPSA) is 104 Å². The summed E-state index contributed by atoms with van der Waals surface area (Å²) in [4.78, 5) is 23.9. The molecule has 0 saturated heterocycles. The van der Waals surface area contributed by atoms with Gasteiger partial charge in [-0.2, -0.15) is 9.78 Å². The number of aromatic nitrogens is 2. The monoisotopic (exact) mass is 303 g/mol. The van der Waals surface area contributed by atoms with Crippen molar-refractivity contribution in [3.05, 3.63) is 51.9 Å². The molecule has 2 rings (SSSR count). The van der Waals surface area contributed by atoms with Crippen LogP contribution < -0.4 is 10.9 Å². The van der Waals surface area contributed by atoms with E-state index in [1.807, 2.05) is 13.0 Å². The van der Waals surface area contributed by atoms with Crippen molar-refractivity contribution < 1.29 is 15.0 Å². The third-order valence-corrected chi connectivity index (χ3v) is 2.99. The van der Waals surface area contributed by atoms with Gasteiger partial charge in [-0.3, -0.25) is 9.59 Å². The maximum absolute atomic E-state index is 12.0. The van der Waals surface area contributed by atoms with Gasteiger partial charge in [-0.1, -0.05) is 12.1 Å². The second-order valence-corrected chi connectivity index (χ2v) is 4.80. The first-order chi connectivity index (χ1) is 10.5. The van der Waals surface area contributed by atoms with Gasteiger partial charge in [0.2, 0.25) is 0 Å². The zero-order valence-corrected chi connectivity index (χ0v) is 12.1. The molecule has 7 nitrogen and oxygen atoms in total. The lowest BCUT2D eigenvalue weighted by Crippen LogP contribution is -2.30. The van der Waals surface area contributed by atoms with Crippen LogP contribution in [0.3, 0.4) is 0 Å². The summed E-state index contributed by atoms with van der Waals surface area (Å²) in [6, 6.07) is 8.03. The number of hydrogen-bond acceptors (Lipinski definition) is 5. The molecule has 2 aromatic rings. The molecular weight excluding hydrogens is 286 g/mol. The lowest BCUT2D eigenvalue weighted by atomic mass is 10.2. The van der Waals surface area contributed by atoms with Crippen LogP contribution in [0.5, 0.6) is 5.75 Å². The van der Waals surface area contributed by atoms with Crippen molar-refractivity contribution in [2.75, 3.05) is 13.2 Å². The Labute approximate surface area is 126 Å². The number of nitrogens with one attached hydrogen (secondary N) is 1. The van der Waals surface area contributed by atoms with Crippen LogP contribution in [0.2, 0.25) is 0 Å². The zero-order valence-electron chi connectivity index (χ0n) is 12.1. The van der Waals surface area contributed by atoms with Crippen molar-refractivity contribution in [2.45, 2.75) is 13.3 Å². The number of nitrogens with zero attached hydrogens (tertiary/aromatic N) is 2. The summed E-state index contributed by atoms with van der Waals surface area (Å²) >= 11 is 0. The normalized spacial score (nSPS) is 10.5. The predicted molar refractivity (Wildman–Crippen MR) is 80.3 cm³/mol. The van der Waals surface area contributed by atoms with Crippen LogP contribution in [-0.4, -0.2) is 39.1 Å². The smallest absolute Gasteiger partial charge is 0.275 e. The van der Waals surface area contributed by atoms with Gasteiger partial charge in [0.05, 0.1) is 5.69 Å². The standard InChI is InChI=1S/C15H17N3O4/c1-10-4-2-5-11(8-10)18-13(21)9-12(20)14(17-18)15(22)16-6-3-7-19/h2,4-5,8-9,19-20H,3,6-7H2,1H3,(H,16,22). The summed E-state index contributed by atoms with van der Waals surface area (Å²) in [5.41, 5.74) is 0.677. The number of rotatable bonds is 5. The van der Waals surface area contributed by atoms with E-state index in [1.54, 1.807) is 18.2 Å². The fourth-order valence-electron chi connectivity index (χ4n) is 1.92. The first-order valence-electron chi connectivity index (χ1n) is 6.82. The molecule has 0 radical (unpaired) electrons. The molecule has 0 atom stereocenters. The van der Waals surface area contributed by atoms with E-state index < -0.39 is 17.2 Å². The van der Waals surface area contributed by atoms with Crippen LogP contribution in [0, 0.1) is 6.92 Å². The Morgan fingerprint density at radius 3 is 2.82 bits per heavy atom. The zero-order chi connectivity index (χ0) is 16.1. The van der Waals surface area contributed by atoms with Crippen molar-refractivity contribution in [2.24, 2.45) is 0 Å². The predicted octanol–water partition coefficient (Wildman–Crippen LogP) is 0.359. The second kappa shape index (κ2) is 6.86. The molecule has 0 spiro atoms. The Morgan fingerprint density at radius 1 is 1.36 bits per heavy atom. The van der Waals surface area contributed by atoms with Crippen molar-refractivity contribution in [1.29, 1.82) is 0 Å². The highest BCUT2D eigenvalue weighted by Crippen LogP contribution is 2.13. The van der Waals surface area contributed by atoms with E-state index in [-0.39, 0.29) is 18.8 Å². The summed E-state index contributed by atoms with van der Waals surface area (Å²) in [6.07, 6.45) is 0.393. The minimum absolute atomic E-state index is 0.0531. The Balaban J connectivity index is 2.39. The number of aliphatic hydroxyl groups excluding tert-OH is 1. The number of aliphatic hydroxyl groups is 1. The molecule has 22 heavy (non-hydrogen) atoms. The Bertz CT molecular complexity index is 740. The quantitative estimate of drug-likeness (QED) is 0.692. The van der Waals surface area contributed by atoms with Crippen molar-refractivity contribution >= 4 is 5.91 Å². The molecule has 0 fully saturated rings. The molecule has 116 valence electrons. The van der Waals surface area contributed by atoms with Gasteiger partial charge in [0.25, 0.3) is 11.5 Å². The molecule has 3 N–H and O–H groups in total. The number of aromatic hydroxyl groups is 1. The van der Waals surface area contributed by atoms with Gasteiger partial charge in [-0.15, -0.1) is 0 Å². The van der Waals surface area contributed by atoms with E-state index in [9.17, 15) is 14.7 Å². The molecule has 0 bridgehead atoms. The molecule has 0 aliphatic rings. The first-order valence-corrected chi connectivity index (χ1v) is 6.82. The molecule has 1 amide bonds. The van der Waals surface area contributed by atoms with E-state index >= 15 is 0 Å². The molecule has 0 aliphatic heterocycles. The minimum Gasteiger partial charge on any atom is -0.505 e. The highest BCUT2D eigenvalue weighted by Gasteiger charge is 2.16. The summed E-state index contributed by atoms with van der Waals surface area (Å²) in [7, 11) is 0. The average Bonchev–Trinajstić information content (AvgIpc) is 2.47. The third kappa shape index (κ3) is 3.50. The fraction of sp³-hybridized carbons (Fsp3) is 0.267. The summed E-state index contributed by atoms with van der Waals surface area (Å²) in [5, 5.41) is 24.9. The maximum Gasteiger partial charge on any atom is 0.275 e. The van der Waals surface area contributed by atoms with Crippen LogP contribution in [0.4, 0.5) is 0 Å². The largest absolute Gasteiger partial charge is 0.505 e. The van der Waals surface area contributed by atoms with Crippen LogP contribution in [0.15, 0.2) is 35.1 Å². The highest BCUT2D eigenvalue weighted by molar-refractivity contribution is 5.94. The van der Waals surface area contributed by atoms with E-state index in [4.69, 9.17) is 5.11 Å². The van der Waals surface area contributed by atoms with Gasteiger partial charge in [-0.25, -0.2) is 0 Å². The average molecular weight is 303 g/mol. The lowest BCUT2D eigenvalue weighted by molar-refractivity contribution is 0.0941. The van der Waals surface area contributed by atoms with Crippen molar-refractivity contribution in [1.82, 2.24) is 15.1 Å². The van der Waals surface area contributed by atoms with Crippen LogP contribution in [0.25, 0.3) is 5.69 Å². The highest BCUT2D eigenvalue weighted by atomic mass is 16.3. The summed E-state index contributed by atoms with van der Waals surface area (Å²) in [5.74, 6) is -1.08. The Kier molecular flexibility index (Phi) is 4.90. The van der Waals surface area contributed by atoms with Gasteiger partial charge in [-0.05, 0) is 31.0 Å². The molecule has 7 heteroatoms. The SMILES string of the molecule is Cc1cccc(-n2nc(C(=O)NCCCO)c(O)cc2=O)c1. The number of carbonyl (C=O) groups excluding carboxylic acids is 1. The third-order valence-electron chi connectivity index (χ3n) is 2.99. The number of benzene rings is 1. The molecular formula is C15H17N3O4. The summed E-state index contributed by atoms with van der Waals surface area (Å²) < 4.78 is 1.06. The Hall–Kier alpha value is -2.67. The molecule has 0 aliphatic carbocycles. The van der Waals surface area contributed by atoms with Crippen LogP contribution in [-0.2, 0) is 0 Å². The molecule has 0 saturated carbocycles. The lowest BCUT2D eigenvalue weighted by Gasteiger charge is -2.09. The van der Waals surface area contributed by atoms with Crippen LogP contribution in [0.1, 0.15) is 22.5 Å². The number of amides is 1. The molecule has 1 aromatic heterocycles. The van der Waals surface area contributed by atoms with Crippen molar-refractivity contribution in [3.8, 4) is 11.4 Å². The Morgan fingerprint density at radius 2 is 2.14 bits per heavy atom. The maximum atomic E-state index is 12.0. The van der Waals surface area contributed by atoms with Crippen LogP contribution >= 0.6 is 0 Å². The van der Waals surface area contributed by atoms with E-state index in [1.165, 1.54) is 0 Å². The summed E-state index contributed by atoms with van der Waals surface area (Å²) in [6.45, 7) is 2.07. The van der Waals surface area contributed by atoms with E-state index in [2.05, 4.69) is 10.4 Å². The molecule has 0 unspecified atom stereocenters. The first kappa shape index (κ1) is 15.7. The van der Waals surface area contributed by atoms with E-state index in [0.717, 1.165) is 16.3 Å². The van der Waals surface area contributed by atoms with Gasteiger partial charge in [0, 0.05) is 19.2 Å². The van der Waals surface area contributed by atoms with E-state index in [0.29, 0.717) is 12.1 Å². The minimum atomic E-state index is -0.604. The van der Waals surface area contributed by atoms with Crippen molar-refractivity contribution in [3.63, 3.8) is 0 Å². The van der Waals surface area contributed by atoms with Gasteiger partial charge in [0.15, 0.2) is 11.4 Å². The number of hydrogen-bond donors (Lipinski definition) is 3. The number of aryl methyl sites for hydroxylation is 1.